The molecular formula is C16H27N5O2. The van der Waals surface area contributed by atoms with E-state index in [1.807, 2.05) is 21.8 Å². The summed E-state index contributed by atoms with van der Waals surface area (Å²) in [5, 5.41) is 9.61. The molecule has 2 atom stereocenters. The number of hydrogen-bond acceptors (Lipinski definition) is 3. The minimum absolute atomic E-state index is 0.00360. The van der Waals surface area contributed by atoms with Crippen LogP contribution in [0, 0.1) is 0 Å². The molecule has 1 aliphatic rings. The van der Waals surface area contributed by atoms with E-state index in [1.54, 1.807) is 13.1 Å². The first-order valence-corrected chi connectivity index (χ1v) is 8.40. The van der Waals surface area contributed by atoms with Gasteiger partial charge >= 0.3 is 6.03 Å². The number of aromatic nitrogens is 2. The third-order valence-electron chi connectivity index (χ3n) is 4.21. The van der Waals surface area contributed by atoms with Gasteiger partial charge in [-0.1, -0.05) is 0 Å². The zero-order valence-corrected chi connectivity index (χ0v) is 14.0. The Hall–Kier alpha value is -2.05. The van der Waals surface area contributed by atoms with Gasteiger partial charge in [-0.15, -0.1) is 0 Å². The topological polar surface area (TPSA) is 79.3 Å². The molecule has 3 amide bonds. The van der Waals surface area contributed by atoms with Crippen LogP contribution in [-0.4, -0.2) is 51.8 Å². The largest absolute Gasteiger partial charge is 0.338 e. The molecule has 0 unspecified atom stereocenters. The van der Waals surface area contributed by atoms with E-state index in [0.29, 0.717) is 6.54 Å². The second kappa shape index (κ2) is 8.55. The lowest BCUT2D eigenvalue weighted by atomic mass is 10.0. The maximum absolute atomic E-state index is 12.4. The predicted molar refractivity (Wildman–Crippen MR) is 87.9 cm³/mol. The fraction of sp³-hybridized carbons (Fsp3) is 0.688. The smallest absolute Gasteiger partial charge is 0.315 e. The fourth-order valence-electron chi connectivity index (χ4n) is 2.86. The number of urea groups is 1. The maximum atomic E-state index is 12.4. The van der Waals surface area contributed by atoms with Crippen LogP contribution < -0.4 is 10.6 Å². The van der Waals surface area contributed by atoms with Crippen LogP contribution in [-0.2, 0) is 11.3 Å². The zero-order chi connectivity index (χ0) is 16.7. The van der Waals surface area contributed by atoms with Gasteiger partial charge in [0.05, 0.1) is 0 Å². The summed E-state index contributed by atoms with van der Waals surface area (Å²) in [6.07, 6.45) is 7.67. The van der Waals surface area contributed by atoms with Crippen molar-refractivity contribution in [3.63, 3.8) is 0 Å². The van der Waals surface area contributed by atoms with Gasteiger partial charge < -0.3 is 15.5 Å². The molecule has 1 aromatic rings. The summed E-state index contributed by atoms with van der Waals surface area (Å²) in [5.41, 5.74) is 0. The summed E-state index contributed by atoms with van der Waals surface area (Å²) >= 11 is 0. The molecule has 0 spiro atoms. The third-order valence-corrected chi connectivity index (χ3v) is 4.21. The van der Waals surface area contributed by atoms with Crippen molar-refractivity contribution in [3.8, 4) is 0 Å². The highest BCUT2D eigenvalue weighted by atomic mass is 16.2. The highest BCUT2D eigenvalue weighted by molar-refractivity contribution is 5.86. The quantitative estimate of drug-likeness (QED) is 0.777. The Morgan fingerprint density at radius 3 is 2.91 bits per heavy atom. The zero-order valence-electron chi connectivity index (χ0n) is 14.0. The summed E-state index contributed by atoms with van der Waals surface area (Å²) in [4.78, 5) is 26.2. The molecule has 7 nitrogen and oxygen atoms in total. The van der Waals surface area contributed by atoms with Crippen molar-refractivity contribution < 1.29 is 9.59 Å². The average Bonchev–Trinajstić information content (AvgIpc) is 3.04. The van der Waals surface area contributed by atoms with Crippen molar-refractivity contribution in [2.24, 2.45) is 0 Å². The molecule has 7 heteroatoms. The molecule has 2 heterocycles. The highest BCUT2D eigenvalue weighted by Crippen LogP contribution is 2.17. The summed E-state index contributed by atoms with van der Waals surface area (Å²) < 4.78 is 1.82. The Kier molecular flexibility index (Phi) is 6.43. The van der Waals surface area contributed by atoms with Crippen LogP contribution in [0.5, 0.6) is 0 Å². The Balaban J connectivity index is 1.66. The lowest BCUT2D eigenvalue weighted by Crippen LogP contribution is -2.53. The molecule has 0 aromatic carbocycles. The molecule has 23 heavy (non-hydrogen) atoms. The number of hydrogen-bond donors (Lipinski definition) is 2. The van der Waals surface area contributed by atoms with Crippen LogP contribution in [0.4, 0.5) is 4.79 Å². The molecule has 0 radical (unpaired) electrons. The molecule has 1 aromatic heterocycles. The van der Waals surface area contributed by atoms with E-state index in [0.717, 1.165) is 32.4 Å². The lowest BCUT2D eigenvalue weighted by molar-refractivity contribution is -0.136. The van der Waals surface area contributed by atoms with Crippen LogP contribution in [0.2, 0.25) is 0 Å². The van der Waals surface area contributed by atoms with Gasteiger partial charge in [0, 0.05) is 38.1 Å². The normalized spacial score (nSPS) is 19.2. The van der Waals surface area contributed by atoms with Gasteiger partial charge in [-0.25, -0.2) is 4.79 Å². The van der Waals surface area contributed by atoms with E-state index in [9.17, 15) is 9.59 Å². The Bertz CT molecular complexity index is 503. The van der Waals surface area contributed by atoms with Gasteiger partial charge in [-0.2, -0.15) is 5.10 Å². The molecule has 0 aliphatic carbocycles. The molecule has 1 fully saturated rings. The van der Waals surface area contributed by atoms with Gasteiger partial charge in [-0.3, -0.25) is 9.48 Å². The molecule has 0 saturated carbocycles. The van der Waals surface area contributed by atoms with Crippen LogP contribution in [0.15, 0.2) is 18.5 Å². The second-order valence-corrected chi connectivity index (χ2v) is 6.12. The number of nitrogens with one attached hydrogen (secondary N) is 2. The van der Waals surface area contributed by atoms with Crippen molar-refractivity contribution in [1.82, 2.24) is 25.3 Å². The van der Waals surface area contributed by atoms with Crippen molar-refractivity contribution in [1.29, 1.82) is 0 Å². The number of nitrogens with zero attached hydrogens (tertiary/aromatic N) is 3. The molecule has 128 valence electrons. The molecule has 1 saturated heterocycles. The first-order chi connectivity index (χ1) is 11.1. The molecule has 2 rings (SSSR count). The van der Waals surface area contributed by atoms with E-state index in [1.165, 1.54) is 6.42 Å². The van der Waals surface area contributed by atoms with E-state index >= 15 is 0 Å². The number of carbonyl (C=O) groups is 2. The number of amides is 3. The van der Waals surface area contributed by atoms with E-state index in [2.05, 4.69) is 22.7 Å². The van der Waals surface area contributed by atoms with Gasteiger partial charge in [-0.05, 0) is 45.6 Å². The number of piperidine rings is 1. The Morgan fingerprint density at radius 2 is 2.22 bits per heavy atom. The Labute approximate surface area is 137 Å². The highest BCUT2D eigenvalue weighted by Gasteiger charge is 2.27. The van der Waals surface area contributed by atoms with E-state index in [4.69, 9.17) is 0 Å². The Morgan fingerprint density at radius 1 is 1.39 bits per heavy atom. The van der Waals surface area contributed by atoms with Crippen LogP contribution in [0.1, 0.15) is 39.5 Å². The van der Waals surface area contributed by atoms with E-state index < -0.39 is 6.04 Å². The molecular weight excluding hydrogens is 294 g/mol. The summed E-state index contributed by atoms with van der Waals surface area (Å²) in [5.74, 6) is 0.00360. The van der Waals surface area contributed by atoms with Gasteiger partial charge in [0.1, 0.15) is 6.04 Å². The van der Waals surface area contributed by atoms with Gasteiger partial charge in [0.2, 0.25) is 5.91 Å². The average molecular weight is 321 g/mol. The van der Waals surface area contributed by atoms with E-state index in [-0.39, 0.29) is 18.0 Å². The number of carbonyl (C=O) groups excluding carboxylic acids is 2. The predicted octanol–water partition coefficient (Wildman–Crippen LogP) is 1.36. The third kappa shape index (κ3) is 5.26. The maximum Gasteiger partial charge on any atom is 0.315 e. The molecule has 0 bridgehead atoms. The summed E-state index contributed by atoms with van der Waals surface area (Å²) in [6, 6.07) is 1.34. The summed E-state index contributed by atoms with van der Waals surface area (Å²) in [6.45, 7) is 5.91. The first kappa shape index (κ1) is 17.3. The SMILES string of the molecule is C[C@H](NC(=O)NCCCn1cccn1)C(=O)N1CCCC[C@@H]1C. The number of likely N-dealkylation sites (tertiary alicyclic amines) is 1. The van der Waals surface area contributed by atoms with Crippen molar-refractivity contribution in [3.05, 3.63) is 18.5 Å². The molecule has 1 aliphatic heterocycles. The lowest BCUT2D eigenvalue weighted by Gasteiger charge is -2.35. The van der Waals surface area contributed by atoms with Crippen molar-refractivity contribution in [2.45, 2.75) is 58.2 Å². The fourth-order valence-corrected chi connectivity index (χ4v) is 2.86. The number of rotatable bonds is 6. The second-order valence-electron chi connectivity index (χ2n) is 6.12. The van der Waals surface area contributed by atoms with Crippen LogP contribution in [0.25, 0.3) is 0 Å². The van der Waals surface area contributed by atoms with Crippen LogP contribution in [0.3, 0.4) is 0 Å². The monoisotopic (exact) mass is 321 g/mol. The number of aryl methyl sites for hydroxylation is 1. The standard InChI is InChI=1S/C16H27N5O2/c1-13-7-3-4-12-21(13)15(22)14(2)19-16(23)17-8-5-10-20-11-6-9-18-20/h6,9,11,13-14H,3-5,7-8,10,12H2,1-2H3,(H2,17,19,23)/t13-,14-/m0/s1. The van der Waals surface area contributed by atoms with Crippen LogP contribution >= 0.6 is 0 Å². The molecule has 2 N–H and O–H groups in total. The summed E-state index contributed by atoms with van der Waals surface area (Å²) in [7, 11) is 0. The van der Waals surface area contributed by atoms with Crippen molar-refractivity contribution >= 4 is 11.9 Å². The van der Waals surface area contributed by atoms with Gasteiger partial charge in [0.15, 0.2) is 0 Å². The first-order valence-electron chi connectivity index (χ1n) is 8.40. The minimum atomic E-state index is -0.498. The van der Waals surface area contributed by atoms with Gasteiger partial charge in [0.25, 0.3) is 0 Å². The minimum Gasteiger partial charge on any atom is -0.338 e. The van der Waals surface area contributed by atoms with Crippen molar-refractivity contribution in [2.75, 3.05) is 13.1 Å².